The molecule has 0 spiro atoms. The number of halogens is 1. The van der Waals surface area contributed by atoms with Crippen molar-refractivity contribution < 1.29 is 4.79 Å². The van der Waals surface area contributed by atoms with Gasteiger partial charge >= 0.3 is 0 Å². The van der Waals surface area contributed by atoms with Crippen LogP contribution in [-0.4, -0.2) is 21.3 Å². The molecule has 100 valence electrons. The minimum absolute atomic E-state index is 0.159. The standard InChI is InChI=1S/C14H15ClN2OS/c1-10-13(14(15)17(2)16-10)8-11(18)9-19-12-6-4-3-5-7-12/h3-7H,8-9H2,1-2H3. The van der Waals surface area contributed by atoms with E-state index >= 15 is 0 Å². The van der Waals surface area contributed by atoms with Gasteiger partial charge in [0.2, 0.25) is 0 Å². The van der Waals surface area contributed by atoms with Gasteiger partial charge in [0.1, 0.15) is 10.9 Å². The molecule has 3 nitrogen and oxygen atoms in total. The van der Waals surface area contributed by atoms with Gasteiger partial charge in [0.25, 0.3) is 0 Å². The molecule has 2 rings (SSSR count). The van der Waals surface area contributed by atoms with Gasteiger partial charge in [0.15, 0.2) is 0 Å². The highest BCUT2D eigenvalue weighted by Gasteiger charge is 2.14. The fourth-order valence-corrected chi connectivity index (χ4v) is 2.82. The highest BCUT2D eigenvalue weighted by molar-refractivity contribution is 8.00. The molecule has 0 aliphatic heterocycles. The highest BCUT2D eigenvalue weighted by Crippen LogP contribution is 2.21. The van der Waals surface area contributed by atoms with Gasteiger partial charge in [-0.05, 0) is 19.1 Å². The molecule has 1 aromatic carbocycles. The summed E-state index contributed by atoms with van der Waals surface area (Å²) >= 11 is 7.66. The van der Waals surface area contributed by atoms with Gasteiger partial charge in [0, 0.05) is 23.9 Å². The van der Waals surface area contributed by atoms with E-state index in [0.29, 0.717) is 17.3 Å². The molecule has 1 aromatic heterocycles. The minimum Gasteiger partial charge on any atom is -0.298 e. The van der Waals surface area contributed by atoms with Crippen LogP contribution in [0.1, 0.15) is 11.3 Å². The SMILES string of the molecule is Cc1nn(C)c(Cl)c1CC(=O)CSc1ccccc1. The number of aromatic nitrogens is 2. The number of nitrogens with zero attached hydrogens (tertiary/aromatic N) is 2. The van der Waals surface area contributed by atoms with Crippen molar-refractivity contribution >= 4 is 29.1 Å². The molecule has 1 heterocycles. The number of hydrogen-bond acceptors (Lipinski definition) is 3. The molecule has 0 atom stereocenters. The van der Waals surface area contributed by atoms with Crippen molar-refractivity contribution in [3.63, 3.8) is 0 Å². The predicted octanol–water partition coefficient (Wildman–Crippen LogP) is 3.29. The van der Waals surface area contributed by atoms with Gasteiger partial charge in [-0.15, -0.1) is 11.8 Å². The number of carbonyl (C=O) groups excluding carboxylic acids is 1. The summed E-state index contributed by atoms with van der Waals surface area (Å²) in [5.74, 6) is 0.612. The van der Waals surface area contributed by atoms with E-state index in [1.807, 2.05) is 37.3 Å². The molecule has 2 aromatic rings. The molecular formula is C14H15ClN2OS. The summed E-state index contributed by atoms with van der Waals surface area (Å²) in [7, 11) is 1.78. The summed E-state index contributed by atoms with van der Waals surface area (Å²) in [6.07, 6.45) is 0.346. The monoisotopic (exact) mass is 294 g/mol. The highest BCUT2D eigenvalue weighted by atomic mass is 35.5. The lowest BCUT2D eigenvalue weighted by Gasteiger charge is -2.02. The molecule has 0 aliphatic carbocycles. The molecule has 0 saturated carbocycles. The van der Waals surface area contributed by atoms with E-state index in [0.717, 1.165) is 16.2 Å². The molecule has 5 heteroatoms. The van der Waals surface area contributed by atoms with E-state index < -0.39 is 0 Å². The molecule has 0 aliphatic rings. The Labute approximate surface area is 122 Å². The van der Waals surface area contributed by atoms with Crippen molar-refractivity contribution in [2.45, 2.75) is 18.2 Å². The number of aryl methyl sites for hydroxylation is 2. The lowest BCUT2D eigenvalue weighted by Crippen LogP contribution is -2.06. The Balaban J connectivity index is 1.95. The minimum atomic E-state index is 0.159. The van der Waals surface area contributed by atoms with Gasteiger partial charge in [-0.1, -0.05) is 29.8 Å². The van der Waals surface area contributed by atoms with Gasteiger partial charge < -0.3 is 0 Å². The quantitative estimate of drug-likeness (QED) is 0.794. The van der Waals surface area contributed by atoms with Gasteiger partial charge in [0.05, 0.1) is 11.4 Å². The molecule has 0 amide bonds. The Morgan fingerprint density at radius 1 is 1.37 bits per heavy atom. The van der Waals surface area contributed by atoms with Crippen LogP contribution in [0.4, 0.5) is 0 Å². The van der Waals surface area contributed by atoms with Crippen LogP contribution in [-0.2, 0) is 18.3 Å². The van der Waals surface area contributed by atoms with Crippen LogP contribution in [0.5, 0.6) is 0 Å². The third-order valence-corrected chi connectivity index (χ3v) is 4.33. The number of thioether (sulfide) groups is 1. The molecule has 0 fully saturated rings. The van der Waals surface area contributed by atoms with Gasteiger partial charge in [-0.2, -0.15) is 5.10 Å². The Kier molecular flexibility index (Phi) is 4.66. The van der Waals surface area contributed by atoms with Crippen molar-refractivity contribution in [1.29, 1.82) is 0 Å². The normalized spacial score (nSPS) is 10.7. The molecule has 0 radical (unpaired) electrons. The first kappa shape index (κ1) is 14.2. The van der Waals surface area contributed by atoms with E-state index in [1.54, 1.807) is 23.5 Å². The Bertz CT molecular complexity index is 581. The fraction of sp³-hybridized carbons (Fsp3) is 0.286. The molecule has 0 saturated heterocycles. The smallest absolute Gasteiger partial charge is 0.147 e. The van der Waals surface area contributed by atoms with E-state index in [1.165, 1.54) is 0 Å². The van der Waals surface area contributed by atoms with Crippen LogP contribution in [0, 0.1) is 6.92 Å². The van der Waals surface area contributed by atoms with Crippen molar-refractivity contribution in [2.75, 3.05) is 5.75 Å². The van der Waals surface area contributed by atoms with E-state index in [9.17, 15) is 4.79 Å². The van der Waals surface area contributed by atoms with Crippen molar-refractivity contribution in [1.82, 2.24) is 9.78 Å². The van der Waals surface area contributed by atoms with Crippen LogP contribution in [0.25, 0.3) is 0 Å². The second-order valence-corrected chi connectivity index (χ2v) is 5.70. The number of carbonyl (C=O) groups is 1. The average Bonchev–Trinajstić information content (AvgIpc) is 2.64. The molecular weight excluding hydrogens is 280 g/mol. The second kappa shape index (κ2) is 6.26. The van der Waals surface area contributed by atoms with Crippen LogP contribution >= 0.6 is 23.4 Å². The zero-order chi connectivity index (χ0) is 13.8. The summed E-state index contributed by atoms with van der Waals surface area (Å²) in [5.41, 5.74) is 1.66. The zero-order valence-electron chi connectivity index (χ0n) is 10.9. The fourth-order valence-electron chi connectivity index (χ4n) is 1.80. The maximum absolute atomic E-state index is 12.0. The van der Waals surface area contributed by atoms with Crippen LogP contribution in [0.2, 0.25) is 5.15 Å². The van der Waals surface area contributed by atoms with Crippen LogP contribution < -0.4 is 0 Å². The van der Waals surface area contributed by atoms with Crippen molar-refractivity contribution in [3.8, 4) is 0 Å². The predicted molar refractivity (Wildman–Crippen MR) is 78.8 cm³/mol. The molecule has 0 unspecified atom stereocenters. The van der Waals surface area contributed by atoms with E-state index in [2.05, 4.69) is 5.10 Å². The Morgan fingerprint density at radius 3 is 2.63 bits per heavy atom. The summed E-state index contributed by atoms with van der Waals surface area (Å²) in [6.45, 7) is 1.87. The molecule has 0 N–H and O–H groups in total. The summed E-state index contributed by atoms with van der Waals surface area (Å²) in [6, 6.07) is 9.90. The van der Waals surface area contributed by atoms with Gasteiger partial charge in [-0.25, -0.2) is 0 Å². The second-order valence-electron chi connectivity index (χ2n) is 4.30. The maximum Gasteiger partial charge on any atom is 0.147 e. The van der Waals surface area contributed by atoms with Crippen LogP contribution in [0.3, 0.4) is 0 Å². The molecule has 19 heavy (non-hydrogen) atoms. The number of hydrogen-bond donors (Lipinski definition) is 0. The lowest BCUT2D eigenvalue weighted by atomic mass is 10.1. The molecule has 0 bridgehead atoms. The maximum atomic E-state index is 12.0. The first-order chi connectivity index (χ1) is 9.08. The number of benzene rings is 1. The third-order valence-electron chi connectivity index (χ3n) is 2.79. The van der Waals surface area contributed by atoms with E-state index in [4.69, 9.17) is 11.6 Å². The summed E-state index contributed by atoms with van der Waals surface area (Å²) in [5, 5.41) is 4.76. The summed E-state index contributed by atoms with van der Waals surface area (Å²) < 4.78 is 1.60. The first-order valence-electron chi connectivity index (χ1n) is 5.95. The van der Waals surface area contributed by atoms with Gasteiger partial charge in [-0.3, -0.25) is 9.48 Å². The number of Topliss-reactive ketones (excluding diaryl/α,β-unsaturated/α-hetero) is 1. The summed E-state index contributed by atoms with van der Waals surface area (Å²) in [4.78, 5) is 13.1. The van der Waals surface area contributed by atoms with Crippen molar-refractivity contribution in [2.24, 2.45) is 7.05 Å². The third kappa shape index (κ3) is 3.61. The first-order valence-corrected chi connectivity index (χ1v) is 7.32. The Hall–Kier alpha value is -1.26. The topological polar surface area (TPSA) is 34.9 Å². The number of ketones is 1. The lowest BCUT2D eigenvalue weighted by molar-refractivity contribution is -0.116. The van der Waals surface area contributed by atoms with Crippen molar-refractivity contribution in [3.05, 3.63) is 46.7 Å². The average molecular weight is 295 g/mol. The Morgan fingerprint density at radius 2 is 2.05 bits per heavy atom. The largest absolute Gasteiger partial charge is 0.298 e. The zero-order valence-corrected chi connectivity index (χ0v) is 12.5. The van der Waals surface area contributed by atoms with Crippen LogP contribution in [0.15, 0.2) is 35.2 Å². The number of rotatable bonds is 5. The van der Waals surface area contributed by atoms with E-state index in [-0.39, 0.29) is 5.78 Å².